The van der Waals surface area contributed by atoms with Crippen molar-refractivity contribution >= 4 is 11.6 Å². The van der Waals surface area contributed by atoms with Crippen molar-refractivity contribution in [3.05, 3.63) is 6.33 Å². The Bertz CT molecular complexity index is 372. The number of hydrogen-bond donors (Lipinski definition) is 1. The fourth-order valence-electron chi connectivity index (χ4n) is 1.91. The summed E-state index contributed by atoms with van der Waals surface area (Å²) in [5, 5.41) is 0. The number of nitrogens with two attached hydrogens (primary N) is 1. The van der Waals surface area contributed by atoms with E-state index in [0.29, 0.717) is 11.6 Å². The monoisotopic (exact) mass is 224 g/mol. The Balaban J connectivity index is 2.24. The molecule has 0 amide bonds. The molecule has 6 heteroatoms. The summed E-state index contributed by atoms with van der Waals surface area (Å²) in [6.07, 6.45) is 2.69. The van der Waals surface area contributed by atoms with E-state index in [2.05, 4.69) is 14.9 Å². The van der Waals surface area contributed by atoms with Crippen LogP contribution in [0.25, 0.3) is 0 Å². The van der Waals surface area contributed by atoms with Crippen LogP contribution in [0.15, 0.2) is 6.33 Å². The molecule has 88 valence electrons. The quantitative estimate of drug-likeness (QED) is 0.795. The average molecular weight is 224 g/mol. The van der Waals surface area contributed by atoms with Gasteiger partial charge in [0.1, 0.15) is 6.33 Å². The van der Waals surface area contributed by atoms with Crippen LogP contribution in [0.2, 0.25) is 0 Å². The highest BCUT2D eigenvalue weighted by Gasteiger charge is 2.26. The summed E-state index contributed by atoms with van der Waals surface area (Å²) in [7, 11) is 3.29. The molecule has 1 atom stereocenters. The van der Waals surface area contributed by atoms with Gasteiger partial charge in [-0.3, -0.25) is 0 Å². The predicted molar refractivity (Wildman–Crippen MR) is 60.6 cm³/mol. The van der Waals surface area contributed by atoms with E-state index < -0.39 is 0 Å². The first kappa shape index (κ1) is 10.9. The Morgan fingerprint density at radius 1 is 1.44 bits per heavy atom. The number of ether oxygens (including phenoxy) is 2. The number of anilines is 2. The molecule has 2 rings (SSSR count). The van der Waals surface area contributed by atoms with Crippen LogP contribution in [0.1, 0.15) is 6.42 Å². The van der Waals surface area contributed by atoms with Crippen LogP contribution in [0.4, 0.5) is 11.6 Å². The van der Waals surface area contributed by atoms with Gasteiger partial charge in [-0.2, -0.15) is 0 Å². The van der Waals surface area contributed by atoms with Gasteiger partial charge in [0, 0.05) is 20.2 Å². The molecule has 1 fully saturated rings. The summed E-state index contributed by atoms with van der Waals surface area (Å²) in [6, 6.07) is 0. The third-order valence-electron chi connectivity index (χ3n) is 2.79. The van der Waals surface area contributed by atoms with Crippen molar-refractivity contribution in [2.75, 3.05) is 37.9 Å². The van der Waals surface area contributed by atoms with Crippen LogP contribution < -0.4 is 15.4 Å². The molecular formula is C10H16N4O2. The van der Waals surface area contributed by atoms with Crippen LogP contribution in [0.3, 0.4) is 0 Å². The largest absolute Gasteiger partial charge is 0.490 e. The van der Waals surface area contributed by atoms with E-state index in [1.54, 1.807) is 14.2 Å². The van der Waals surface area contributed by atoms with Gasteiger partial charge in [0.15, 0.2) is 11.6 Å². The van der Waals surface area contributed by atoms with Crippen molar-refractivity contribution in [2.45, 2.75) is 12.5 Å². The normalized spacial score (nSPS) is 20.1. The van der Waals surface area contributed by atoms with Crippen molar-refractivity contribution in [2.24, 2.45) is 0 Å². The van der Waals surface area contributed by atoms with E-state index in [-0.39, 0.29) is 6.10 Å². The molecule has 0 aromatic carbocycles. The van der Waals surface area contributed by atoms with Gasteiger partial charge >= 0.3 is 0 Å². The van der Waals surface area contributed by atoms with Gasteiger partial charge in [0.2, 0.25) is 5.75 Å². The Morgan fingerprint density at radius 2 is 2.25 bits per heavy atom. The molecule has 1 unspecified atom stereocenters. The first-order valence-electron chi connectivity index (χ1n) is 5.18. The molecule has 1 aliphatic rings. The van der Waals surface area contributed by atoms with E-state index in [1.807, 2.05) is 0 Å². The van der Waals surface area contributed by atoms with E-state index in [0.717, 1.165) is 25.3 Å². The fourth-order valence-corrected chi connectivity index (χ4v) is 1.91. The van der Waals surface area contributed by atoms with Crippen molar-refractivity contribution in [1.29, 1.82) is 0 Å². The maximum Gasteiger partial charge on any atom is 0.204 e. The Hall–Kier alpha value is -1.56. The van der Waals surface area contributed by atoms with Crippen LogP contribution in [0, 0.1) is 0 Å². The number of hydrogen-bond acceptors (Lipinski definition) is 6. The number of rotatable bonds is 3. The fraction of sp³-hybridized carbons (Fsp3) is 0.600. The lowest BCUT2D eigenvalue weighted by molar-refractivity contribution is 0.121. The topological polar surface area (TPSA) is 73.5 Å². The second kappa shape index (κ2) is 4.52. The van der Waals surface area contributed by atoms with Crippen LogP contribution in [0.5, 0.6) is 5.75 Å². The average Bonchev–Trinajstić information content (AvgIpc) is 2.77. The van der Waals surface area contributed by atoms with Gasteiger partial charge in [-0.15, -0.1) is 0 Å². The highest BCUT2D eigenvalue weighted by Crippen LogP contribution is 2.32. The van der Waals surface area contributed by atoms with Crippen molar-refractivity contribution in [3.63, 3.8) is 0 Å². The first-order chi connectivity index (χ1) is 7.76. The SMILES string of the molecule is COc1c(N)ncnc1N1CCC(OC)C1. The maximum atomic E-state index is 5.73. The van der Waals surface area contributed by atoms with E-state index in [4.69, 9.17) is 15.2 Å². The lowest BCUT2D eigenvalue weighted by atomic mass is 10.3. The maximum absolute atomic E-state index is 5.73. The molecule has 2 heterocycles. The Labute approximate surface area is 94.4 Å². The second-order valence-corrected chi connectivity index (χ2v) is 3.71. The van der Waals surface area contributed by atoms with Gasteiger partial charge in [-0.05, 0) is 6.42 Å². The third-order valence-corrected chi connectivity index (χ3v) is 2.79. The van der Waals surface area contributed by atoms with Gasteiger partial charge in [0.05, 0.1) is 13.2 Å². The van der Waals surface area contributed by atoms with Crippen LogP contribution in [-0.4, -0.2) is 43.4 Å². The summed E-state index contributed by atoms with van der Waals surface area (Å²) < 4.78 is 10.5. The standard InChI is InChI=1S/C10H16N4O2/c1-15-7-3-4-14(5-7)10-8(16-2)9(11)12-6-13-10/h6-7H,3-5H2,1-2H3,(H2,11,12,13). The van der Waals surface area contributed by atoms with Crippen LogP contribution in [-0.2, 0) is 4.74 Å². The zero-order valence-corrected chi connectivity index (χ0v) is 9.51. The second-order valence-electron chi connectivity index (χ2n) is 3.71. The molecule has 0 saturated carbocycles. The lowest BCUT2D eigenvalue weighted by Gasteiger charge is -2.19. The summed E-state index contributed by atoms with van der Waals surface area (Å²) >= 11 is 0. The molecule has 1 saturated heterocycles. The number of nitrogens with zero attached hydrogens (tertiary/aromatic N) is 3. The Kier molecular flexibility index (Phi) is 3.09. The molecule has 16 heavy (non-hydrogen) atoms. The minimum absolute atomic E-state index is 0.251. The minimum atomic E-state index is 0.251. The molecule has 1 aromatic rings. The van der Waals surface area contributed by atoms with Crippen molar-refractivity contribution < 1.29 is 9.47 Å². The van der Waals surface area contributed by atoms with Gasteiger partial charge in [-0.1, -0.05) is 0 Å². The van der Waals surface area contributed by atoms with E-state index in [9.17, 15) is 0 Å². The van der Waals surface area contributed by atoms with E-state index >= 15 is 0 Å². The van der Waals surface area contributed by atoms with E-state index in [1.165, 1.54) is 6.33 Å². The number of nitrogen functional groups attached to an aromatic ring is 1. The number of methoxy groups -OCH3 is 2. The van der Waals surface area contributed by atoms with Gasteiger partial charge < -0.3 is 20.1 Å². The summed E-state index contributed by atoms with van der Waals surface area (Å²) in [6.45, 7) is 1.70. The molecule has 0 spiro atoms. The molecule has 0 radical (unpaired) electrons. The zero-order chi connectivity index (χ0) is 11.5. The predicted octanol–water partition coefficient (Wildman–Crippen LogP) is 0.292. The van der Waals surface area contributed by atoms with Crippen molar-refractivity contribution in [3.8, 4) is 5.75 Å². The molecule has 1 aromatic heterocycles. The molecule has 1 aliphatic heterocycles. The van der Waals surface area contributed by atoms with Crippen LogP contribution >= 0.6 is 0 Å². The zero-order valence-electron chi connectivity index (χ0n) is 9.51. The number of aromatic nitrogens is 2. The van der Waals surface area contributed by atoms with Gasteiger partial charge in [0.25, 0.3) is 0 Å². The smallest absolute Gasteiger partial charge is 0.204 e. The Morgan fingerprint density at radius 3 is 2.88 bits per heavy atom. The molecule has 0 bridgehead atoms. The minimum Gasteiger partial charge on any atom is -0.490 e. The summed E-state index contributed by atoms with van der Waals surface area (Å²) in [5.41, 5.74) is 5.73. The lowest BCUT2D eigenvalue weighted by Crippen LogP contribution is -2.24. The van der Waals surface area contributed by atoms with Crippen molar-refractivity contribution in [1.82, 2.24) is 9.97 Å². The van der Waals surface area contributed by atoms with Gasteiger partial charge in [-0.25, -0.2) is 9.97 Å². The molecule has 6 nitrogen and oxygen atoms in total. The first-order valence-corrected chi connectivity index (χ1v) is 5.18. The highest BCUT2D eigenvalue weighted by atomic mass is 16.5. The third kappa shape index (κ3) is 1.88. The molecule has 2 N–H and O–H groups in total. The highest BCUT2D eigenvalue weighted by molar-refractivity contribution is 5.63. The summed E-state index contributed by atoms with van der Waals surface area (Å²) in [4.78, 5) is 10.2. The molecular weight excluding hydrogens is 208 g/mol. The summed E-state index contributed by atoms with van der Waals surface area (Å²) in [5.74, 6) is 1.65. The molecule has 0 aliphatic carbocycles.